The van der Waals surface area contributed by atoms with Crippen molar-refractivity contribution in [3.8, 4) is 0 Å². The molecule has 0 radical (unpaired) electrons. The highest BCUT2D eigenvalue weighted by atomic mass is 16.5. The highest BCUT2D eigenvalue weighted by Crippen LogP contribution is 2.38. The third kappa shape index (κ3) is 3.32. The number of hydrogen-bond acceptors (Lipinski definition) is 3. The van der Waals surface area contributed by atoms with Crippen LogP contribution in [0, 0.1) is 23.7 Å². The summed E-state index contributed by atoms with van der Waals surface area (Å²) < 4.78 is 5.47. The molecule has 0 spiro atoms. The van der Waals surface area contributed by atoms with Crippen LogP contribution >= 0.6 is 0 Å². The highest BCUT2D eigenvalue weighted by Gasteiger charge is 2.42. The van der Waals surface area contributed by atoms with E-state index >= 15 is 0 Å². The summed E-state index contributed by atoms with van der Waals surface area (Å²) in [4.78, 5) is 23.6. The zero-order valence-corrected chi connectivity index (χ0v) is 12.3. The van der Waals surface area contributed by atoms with Crippen LogP contribution in [0.1, 0.15) is 39.5 Å². The summed E-state index contributed by atoms with van der Waals surface area (Å²) in [5.74, 6) is -1.09. The first kappa shape index (κ1) is 15.3. The normalized spacial score (nSPS) is 37.0. The minimum Gasteiger partial charge on any atom is -0.481 e. The Balaban J connectivity index is 1.88. The number of hydrogen-bond donors (Lipinski definition) is 2. The van der Waals surface area contributed by atoms with Crippen LogP contribution in [0.25, 0.3) is 0 Å². The molecular formula is C15H25NO4. The summed E-state index contributed by atoms with van der Waals surface area (Å²) in [5, 5.41) is 12.2. The number of carboxylic acids is 1. The van der Waals surface area contributed by atoms with Gasteiger partial charge in [-0.1, -0.05) is 13.3 Å². The van der Waals surface area contributed by atoms with Gasteiger partial charge in [-0.3, -0.25) is 9.59 Å². The molecule has 1 aliphatic heterocycles. The van der Waals surface area contributed by atoms with Crippen LogP contribution in [0.2, 0.25) is 0 Å². The first-order chi connectivity index (χ1) is 9.52. The van der Waals surface area contributed by atoms with Crippen LogP contribution in [0.15, 0.2) is 0 Å². The van der Waals surface area contributed by atoms with Gasteiger partial charge in [-0.2, -0.15) is 0 Å². The van der Waals surface area contributed by atoms with Crippen molar-refractivity contribution in [2.24, 2.45) is 23.7 Å². The fourth-order valence-corrected chi connectivity index (χ4v) is 3.45. The van der Waals surface area contributed by atoms with E-state index in [1.807, 2.05) is 6.92 Å². The number of nitrogens with one attached hydrogen (secondary N) is 1. The summed E-state index contributed by atoms with van der Waals surface area (Å²) in [6.45, 7) is 5.42. The number of ether oxygens (including phenoxy) is 1. The van der Waals surface area contributed by atoms with Gasteiger partial charge in [0.2, 0.25) is 5.91 Å². The fraction of sp³-hybridized carbons (Fsp3) is 0.867. The van der Waals surface area contributed by atoms with Gasteiger partial charge in [0.1, 0.15) is 0 Å². The Bertz CT molecular complexity index is 371. The van der Waals surface area contributed by atoms with E-state index in [-0.39, 0.29) is 17.9 Å². The Kier molecular flexibility index (Phi) is 5.02. The lowest BCUT2D eigenvalue weighted by Gasteiger charge is -2.19. The first-order valence-corrected chi connectivity index (χ1v) is 7.65. The van der Waals surface area contributed by atoms with Crippen LogP contribution < -0.4 is 5.32 Å². The molecular weight excluding hydrogens is 258 g/mol. The highest BCUT2D eigenvalue weighted by molar-refractivity contribution is 5.85. The second kappa shape index (κ2) is 6.57. The van der Waals surface area contributed by atoms with Crippen LogP contribution in [-0.4, -0.2) is 36.2 Å². The second-order valence-corrected chi connectivity index (χ2v) is 6.17. The zero-order valence-electron chi connectivity index (χ0n) is 12.3. The quantitative estimate of drug-likeness (QED) is 0.804. The van der Waals surface area contributed by atoms with Crippen molar-refractivity contribution in [1.29, 1.82) is 0 Å². The number of carbonyl (C=O) groups is 2. The Morgan fingerprint density at radius 2 is 2.00 bits per heavy atom. The molecule has 1 amide bonds. The van der Waals surface area contributed by atoms with Gasteiger partial charge in [-0.05, 0) is 32.1 Å². The van der Waals surface area contributed by atoms with Crippen molar-refractivity contribution in [1.82, 2.24) is 5.32 Å². The molecule has 1 aliphatic carbocycles. The van der Waals surface area contributed by atoms with E-state index in [9.17, 15) is 14.7 Å². The lowest BCUT2D eigenvalue weighted by Crippen LogP contribution is -2.38. The Morgan fingerprint density at radius 3 is 2.55 bits per heavy atom. The van der Waals surface area contributed by atoms with Gasteiger partial charge in [0, 0.05) is 19.1 Å². The number of rotatable bonds is 5. The van der Waals surface area contributed by atoms with Crippen molar-refractivity contribution < 1.29 is 19.4 Å². The Hall–Kier alpha value is -1.10. The summed E-state index contributed by atoms with van der Waals surface area (Å²) in [7, 11) is 0. The molecule has 1 saturated heterocycles. The number of carbonyl (C=O) groups excluding carboxylic acids is 1. The number of carboxylic acid groups (broad SMARTS) is 1. The van der Waals surface area contributed by atoms with E-state index in [1.54, 1.807) is 0 Å². The van der Waals surface area contributed by atoms with Crippen LogP contribution in [0.3, 0.4) is 0 Å². The van der Waals surface area contributed by atoms with Gasteiger partial charge in [-0.25, -0.2) is 0 Å². The van der Waals surface area contributed by atoms with Gasteiger partial charge in [0.25, 0.3) is 0 Å². The maximum atomic E-state index is 12.3. The van der Waals surface area contributed by atoms with Crippen LogP contribution in [0.4, 0.5) is 0 Å². The minimum atomic E-state index is -0.835. The molecule has 2 aliphatic rings. The molecule has 0 aromatic carbocycles. The van der Waals surface area contributed by atoms with Gasteiger partial charge in [0.15, 0.2) is 0 Å². The van der Waals surface area contributed by atoms with Crippen molar-refractivity contribution in [3.05, 3.63) is 0 Å². The molecule has 0 bridgehead atoms. The number of amides is 1. The maximum Gasteiger partial charge on any atom is 0.307 e. The molecule has 20 heavy (non-hydrogen) atoms. The Labute approximate surface area is 120 Å². The maximum absolute atomic E-state index is 12.3. The summed E-state index contributed by atoms with van der Waals surface area (Å²) >= 11 is 0. The monoisotopic (exact) mass is 283 g/mol. The van der Waals surface area contributed by atoms with Gasteiger partial charge < -0.3 is 15.2 Å². The molecule has 2 rings (SSSR count). The van der Waals surface area contributed by atoms with Crippen molar-refractivity contribution in [2.75, 3.05) is 13.2 Å². The largest absolute Gasteiger partial charge is 0.481 e. The van der Waals surface area contributed by atoms with Crippen LogP contribution in [0.5, 0.6) is 0 Å². The van der Waals surface area contributed by atoms with Gasteiger partial charge in [0.05, 0.1) is 17.9 Å². The van der Waals surface area contributed by atoms with Crippen molar-refractivity contribution >= 4 is 11.9 Å². The smallest absolute Gasteiger partial charge is 0.307 e. The van der Waals surface area contributed by atoms with E-state index in [0.29, 0.717) is 31.2 Å². The Morgan fingerprint density at radius 1 is 1.30 bits per heavy atom. The van der Waals surface area contributed by atoms with E-state index in [2.05, 4.69) is 12.2 Å². The molecule has 114 valence electrons. The second-order valence-electron chi connectivity index (χ2n) is 6.17. The molecule has 1 saturated carbocycles. The molecule has 3 unspecified atom stereocenters. The molecule has 5 atom stereocenters. The standard InChI is InChI=1S/C15H25NO4/c1-3-10-6-12(13(7-10)15(18)19)14(17)16-8-11-4-5-20-9(11)2/h9-13H,3-8H2,1-2H3,(H,16,17)(H,18,19)/t9?,10?,11?,12-,13+/m0/s1. The van der Waals surface area contributed by atoms with Gasteiger partial charge >= 0.3 is 5.97 Å². The molecule has 2 N–H and O–H groups in total. The number of aliphatic carboxylic acids is 1. The lowest BCUT2D eigenvalue weighted by molar-refractivity contribution is -0.146. The molecule has 0 aromatic rings. The van der Waals surface area contributed by atoms with E-state index in [1.165, 1.54) is 0 Å². The first-order valence-electron chi connectivity index (χ1n) is 7.65. The zero-order chi connectivity index (χ0) is 14.7. The predicted octanol–water partition coefficient (Wildman–Crippen LogP) is 1.66. The molecule has 1 heterocycles. The molecule has 0 aromatic heterocycles. The van der Waals surface area contributed by atoms with Gasteiger partial charge in [-0.15, -0.1) is 0 Å². The average Bonchev–Trinajstić information content (AvgIpc) is 3.02. The van der Waals surface area contributed by atoms with Crippen molar-refractivity contribution in [2.45, 2.75) is 45.6 Å². The minimum absolute atomic E-state index is 0.0903. The SMILES string of the molecule is CCC1C[C@H](C(=O)NCC2CCOC2C)[C@H](C(=O)O)C1. The summed E-state index contributed by atoms with van der Waals surface area (Å²) in [6.07, 6.45) is 3.42. The molecule has 5 nitrogen and oxygen atoms in total. The third-order valence-electron chi connectivity index (χ3n) is 4.96. The summed E-state index contributed by atoms with van der Waals surface area (Å²) in [6, 6.07) is 0. The molecule has 2 fully saturated rings. The van der Waals surface area contributed by atoms with E-state index in [4.69, 9.17) is 4.74 Å². The van der Waals surface area contributed by atoms with E-state index < -0.39 is 11.9 Å². The summed E-state index contributed by atoms with van der Waals surface area (Å²) in [5.41, 5.74) is 0. The predicted molar refractivity (Wildman–Crippen MR) is 74.2 cm³/mol. The van der Waals surface area contributed by atoms with E-state index in [0.717, 1.165) is 19.4 Å². The fourth-order valence-electron chi connectivity index (χ4n) is 3.45. The average molecular weight is 283 g/mol. The van der Waals surface area contributed by atoms with Crippen molar-refractivity contribution in [3.63, 3.8) is 0 Å². The third-order valence-corrected chi connectivity index (χ3v) is 4.96. The molecule has 5 heteroatoms. The lowest BCUT2D eigenvalue weighted by atomic mass is 9.95. The topological polar surface area (TPSA) is 75.6 Å². The van der Waals surface area contributed by atoms with Crippen LogP contribution in [-0.2, 0) is 14.3 Å².